The van der Waals surface area contributed by atoms with Gasteiger partial charge in [-0.1, -0.05) is 31.5 Å². The molecule has 0 amide bonds. The fraction of sp³-hybridized carbons (Fsp3) is 0.429. The van der Waals surface area contributed by atoms with Gasteiger partial charge in [0.05, 0.1) is 12.1 Å². The van der Waals surface area contributed by atoms with Crippen molar-refractivity contribution in [2.75, 3.05) is 0 Å². The molecular weight excluding hydrogens is 489 g/mol. The smallest absolute Gasteiger partial charge is 0.323 e. The Morgan fingerprint density at radius 1 is 1.06 bits per heavy atom. The van der Waals surface area contributed by atoms with E-state index >= 15 is 0 Å². The zero-order valence-electron chi connectivity index (χ0n) is 18.7. The highest BCUT2D eigenvalue weighted by Gasteiger charge is 2.33. The second-order valence-electron chi connectivity index (χ2n) is 7.96. The maximum absolute atomic E-state index is 13.2. The van der Waals surface area contributed by atoms with Crippen molar-refractivity contribution in [3.63, 3.8) is 0 Å². The van der Waals surface area contributed by atoms with Crippen molar-refractivity contribution >= 4 is 22.8 Å². The Hall–Kier alpha value is -3.48. The van der Waals surface area contributed by atoms with Crippen molar-refractivity contribution in [3.8, 4) is 0 Å². The predicted molar refractivity (Wildman–Crippen MR) is 121 cm³/mol. The zero-order chi connectivity index (χ0) is 25.2. The van der Waals surface area contributed by atoms with Gasteiger partial charge in [0.2, 0.25) is 5.28 Å². The molecule has 0 unspecified atom stereocenters. The molecule has 1 N–H and O–H groups in total. The Balaban J connectivity index is 1.49. The molecule has 4 rings (SSSR count). The molecule has 0 spiro atoms. The third-order valence-corrected chi connectivity index (χ3v) is 5.65. The van der Waals surface area contributed by atoms with Crippen molar-refractivity contribution in [2.24, 2.45) is 0 Å². The van der Waals surface area contributed by atoms with Gasteiger partial charge in [-0.2, -0.15) is 23.0 Å². The lowest BCUT2D eigenvalue weighted by molar-refractivity contribution is -0.138. The number of tetrazole rings is 1. The summed E-state index contributed by atoms with van der Waals surface area (Å²) in [6.07, 6.45) is -2.73. The summed E-state index contributed by atoms with van der Waals surface area (Å²) in [5.41, 5.74) is -1.36. The van der Waals surface area contributed by atoms with Crippen LogP contribution >= 0.6 is 11.6 Å². The number of H-pyrrole nitrogens is 1. The van der Waals surface area contributed by atoms with E-state index in [9.17, 15) is 22.8 Å². The maximum Gasteiger partial charge on any atom is 0.416 e. The number of unbranched alkanes of at least 4 members (excludes halogenated alkanes) is 1. The number of alkyl halides is 3. The van der Waals surface area contributed by atoms with Crippen molar-refractivity contribution < 1.29 is 13.2 Å². The minimum Gasteiger partial charge on any atom is -0.323 e. The van der Waals surface area contributed by atoms with Gasteiger partial charge in [0.1, 0.15) is 0 Å². The Kier molecular flexibility index (Phi) is 7.05. The zero-order valence-corrected chi connectivity index (χ0v) is 19.5. The molecular formula is C21H22ClF3N8O2. The molecule has 0 bridgehead atoms. The van der Waals surface area contributed by atoms with E-state index in [0.717, 1.165) is 23.5 Å². The second-order valence-corrected chi connectivity index (χ2v) is 8.32. The van der Waals surface area contributed by atoms with Crippen LogP contribution < -0.4 is 11.2 Å². The van der Waals surface area contributed by atoms with E-state index in [4.69, 9.17) is 11.6 Å². The van der Waals surface area contributed by atoms with Crippen LogP contribution in [0.5, 0.6) is 0 Å². The van der Waals surface area contributed by atoms with Crippen LogP contribution in [-0.4, -0.2) is 39.3 Å². The van der Waals surface area contributed by atoms with E-state index in [-0.39, 0.29) is 47.3 Å². The monoisotopic (exact) mass is 510 g/mol. The summed E-state index contributed by atoms with van der Waals surface area (Å²) < 4.78 is 42.2. The minimum absolute atomic E-state index is 0.0194. The van der Waals surface area contributed by atoms with Gasteiger partial charge in [-0.25, -0.2) is 4.79 Å². The molecule has 0 saturated heterocycles. The Morgan fingerprint density at radius 2 is 1.80 bits per heavy atom. The third-order valence-electron chi connectivity index (χ3n) is 5.47. The van der Waals surface area contributed by atoms with Gasteiger partial charge in [-0.05, 0) is 41.3 Å². The molecule has 0 aliphatic rings. The molecule has 0 radical (unpaired) electrons. The molecule has 35 heavy (non-hydrogen) atoms. The van der Waals surface area contributed by atoms with Crippen LogP contribution in [0.2, 0.25) is 5.28 Å². The van der Waals surface area contributed by atoms with E-state index in [1.807, 2.05) is 6.92 Å². The fourth-order valence-electron chi connectivity index (χ4n) is 3.79. The average molecular weight is 511 g/mol. The highest BCUT2D eigenvalue weighted by atomic mass is 35.5. The molecule has 1 aromatic carbocycles. The normalized spacial score (nSPS) is 12.0. The highest BCUT2D eigenvalue weighted by Crippen LogP contribution is 2.32. The number of halogens is 4. The first kappa shape index (κ1) is 24.6. The van der Waals surface area contributed by atoms with Gasteiger partial charge in [0.15, 0.2) is 17.0 Å². The summed E-state index contributed by atoms with van der Waals surface area (Å²) in [6.45, 7) is 2.65. The van der Waals surface area contributed by atoms with Gasteiger partial charge < -0.3 is 4.98 Å². The first-order chi connectivity index (χ1) is 16.7. The molecule has 0 fully saturated rings. The molecule has 0 aliphatic heterocycles. The quantitative estimate of drug-likeness (QED) is 0.346. The highest BCUT2D eigenvalue weighted by molar-refractivity contribution is 6.28. The maximum atomic E-state index is 13.2. The first-order valence-electron chi connectivity index (χ1n) is 11.0. The van der Waals surface area contributed by atoms with Crippen LogP contribution in [0.15, 0.2) is 33.9 Å². The van der Waals surface area contributed by atoms with Gasteiger partial charge in [0.25, 0.3) is 5.56 Å². The molecule has 0 atom stereocenters. The van der Waals surface area contributed by atoms with E-state index < -0.39 is 23.0 Å². The van der Waals surface area contributed by atoms with Crippen molar-refractivity contribution in [2.45, 2.75) is 58.4 Å². The number of imidazole rings is 1. The summed E-state index contributed by atoms with van der Waals surface area (Å²) in [5.74, 6) is 0.134. The van der Waals surface area contributed by atoms with Gasteiger partial charge in [-0.3, -0.25) is 13.9 Å². The van der Waals surface area contributed by atoms with Crippen molar-refractivity contribution in [1.29, 1.82) is 0 Å². The van der Waals surface area contributed by atoms with Gasteiger partial charge >= 0.3 is 11.9 Å². The fourth-order valence-corrected chi connectivity index (χ4v) is 3.96. The predicted octanol–water partition coefficient (Wildman–Crippen LogP) is 3.03. The molecule has 4 aromatic rings. The van der Waals surface area contributed by atoms with Crippen LogP contribution in [0.25, 0.3) is 11.2 Å². The number of aromatic amines is 1. The third kappa shape index (κ3) is 5.29. The standard InChI is InChI=1S/C21H22ClF3N8O2/c1-2-3-9-31-17-16(26-19(22)27-17)18(34)32(20(31)35)10-6-11-33-29-15(28-30-33)12-13-7-4-5-8-14(13)21(23,24)25/h4-5,7-8H,2-3,6,9-12H2,1H3,(H,26,27). The summed E-state index contributed by atoms with van der Waals surface area (Å²) in [4.78, 5) is 33.8. The average Bonchev–Trinajstić information content (AvgIpc) is 3.42. The summed E-state index contributed by atoms with van der Waals surface area (Å²) in [5, 5.41) is 11.9. The van der Waals surface area contributed by atoms with Gasteiger partial charge in [0, 0.05) is 19.5 Å². The topological polar surface area (TPSA) is 116 Å². The van der Waals surface area contributed by atoms with E-state index in [0.29, 0.717) is 13.0 Å². The molecule has 10 nitrogen and oxygen atoms in total. The van der Waals surface area contributed by atoms with Crippen molar-refractivity contribution in [3.05, 3.63) is 67.3 Å². The molecule has 14 heteroatoms. The Labute approximate surface area is 201 Å². The number of hydrogen-bond acceptors (Lipinski definition) is 6. The summed E-state index contributed by atoms with van der Waals surface area (Å²) in [6, 6.07) is 5.22. The Bertz CT molecular complexity index is 1450. The summed E-state index contributed by atoms with van der Waals surface area (Å²) >= 11 is 5.93. The number of nitrogens with one attached hydrogen (secondary N) is 1. The number of benzene rings is 1. The lowest BCUT2D eigenvalue weighted by Crippen LogP contribution is -2.40. The van der Waals surface area contributed by atoms with Crippen LogP contribution in [-0.2, 0) is 32.2 Å². The van der Waals surface area contributed by atoms with E-state index in [1.165, 1.54) is 27.6 Å². The van der Waals surface area contributed by atoms with Crippen LogP contribution in [0.3, 0.4) is 0 Å². The molecule has 186 valence electrons. The van der Waals surface area contributed by atoms with Gasteiger partial charge in [-0.15, -0.1) is 10.2 Å². The molecule has 3 aromatic heterocycles. The minimum atomic E-state index is -4.48. The van der Waals surface area contributed by atoms with E-state index in [1.54, 1.807) is 0 Å². The van der Waals surface area contributed by atoms with E-state index in [2.05, 4.69) is 25.4 Å². The number of aromatic nitrogens is 8. The largest absolute Gasteiger partial charge is 0.416 e. The molecule has 3 heterocycles. The molecule has 0 aliphatic carbocycles. The van der Waals surface area contributed by atoms with Crippen molar-refractivity contribution in [1.82, 2.24) is 39.3 Å². The second kappa shape index (κ2) is 10.0. The van der Waals surface area contributed by atoms with Crippen LogP contribution in [0.1, 0.15) is 43.1 Å². The number of nitrogens with zero attached hydrogens (tertiary/aromatic N) is 7. The number of rotatable bonds is 9. The molecule has 0 saturated carbocycles. The number of fused-ring (bicyclic) bond motifs is 1. The number of hydrogen-bond donors (Lipinski definition) is 1. The lowest BCUT2D eigenvalue weighted by Gasteiger charge is -2.11. The SMILES string of the molecule is CCCCn1c(=O)n(CCCn2nnc(Cc3ccccc3C(F)(F)F)n2)c(=O)c2[nH]c(Cl)nc21. The lowest BCUT2D eigenvalue weighted by atomic mass is 10.0. The Morgan fingerprint density at radius 3 is 2.54 bits per heavy atom. The van der Waals surface area contributed by atoms with Crippen LogP contribution in [0.4, 0.5) is 13.2 Å². The van der Waals surface area contributed by atoms with Crippen LogP contribution in [0, 0.1) is 0 Å². The summed E-state index contributed by atoms with van der Waals surface area (Å²) in [7, 11) is 0. The first-order valence-corrected chi connectivity index (χ1v) is 11.4. The number of aryl methyl sites for hydroxylation is 2.